The summed E-state index contributed by atoms with van der Waals surface area (Å²) in [5.74, 6) is 0.0444. The maximum atomic E-state index is 12.2. The molecule has 1 aromatic heterocycles. The number of carbonyl (C=O) groups is 1. The number of thiophene rings is 1. The Bertz CT molecular complexity index is 412. The number of morpholine rings is 1. The Labute approximate surface area is 118 Å². The second kappa shape index (κ2) is 5.69. The molecule has 0 bridgehead atoms. The summed E-state index contributed by atoms with van der Waals surface area (Å²) in [5.41, 5.74) is 0. The van der Waals surface area contributed by atoms with Gasteiger partial charge in [-0.1, -0.05) is 27.5 Å². The first kappa shape index (κ1) is 13.3. The summed E-state index contributed by atoms with van der Waals surface area (Å²) in [4.78, 5) is 14.8. The van der Waals surface area contributed by atoms with E-state index in [2.05, 4.69) is 15.9 Å². The van der Waals surface area contributed by atoms with Crippen LogP contribution in [0.2, 0.25) is 4.34 Å². The van der Waals surface area contributed by atoms with Crippen LogP contribution in [0.1, 0.15) is 16.6 Å². The summed E-state index contributed by atoms with van der Waals surface area (Å²) < 4.78 is 6.34. The molecule has 1 saturated heterocycles. The van der Waals surface area contributed by atoms with Crippen LogP contribution in [-0.4, -0.2) is 41.4 Å². The predicted molar refractivity (Wildman–Crippen MR) is 73.4 cm³/mol. The van der Waals surface area contributed by atoms with Gasteiger partial charge in [0, 0.05) is 18.4 Å². The zero-order chi connectivity index (χ0) is 12.4. The Morgan fingerprint density at radius 1 is 1.65 bits per heavy atom. The number of nitrogens with zero attached hydrogens (tertiary/aromatic N) is 1. The minimum Gasteiger partial charge on any atom is -0.371 e. The molecule has 1 amide bonds. The molecule has 1 aliphatic rings. The van der Waals surface area contributed by atoms with Crippen LogP contribution < -0.4 is 0 Å². The highest BCUT2D eigenvalue weighted by Gasteiger charge is 2.28. The van der Waals surface area contributed by atoms with Crippen LogP contribution >= 0.6 is 38.9 Å². The zero-order valence-corrected chi connectivity index (χ0v) is 12.5. The summed E-state index contributed by atoms with van der Waals surface area (Å²) in [7, 11) is 0. The van der Waals surface area contributed by atoms with Crippen molar-refractivity contribution in [3.05, 3.63) is 21.3 Å². The molecule has 17 heavy (non-hydrogen) atoms. The van der Waals surface area contributed by atoms with E-state index >= 15 is 0 Å². The van der Waals surface area contributed by atoms with E-state index in [-0.39, 0.29) is 18.1 Å². The van der Waals surface area contributed by atoms with Crippen LogP contribution in [0, 0.1) is 0 Å². The van der Waals surface area contributed by atoms with Crippen LogP contribution in [0.4, 0.5) is 0 Å². The SMILES string of the molecule is CC1CN(C(=O)c2ccc(Cl)s2)CC(CBr)O1. The fourth-order valence-corrected chi connectivity index (χ4v) is 3.25. The summed E-state index contributed by atoms with van der Waals surface area (Å²) in [5, 5.41) is 0.742. The number of alkyl halides is 1. The lowest BCUT2D eigenvalue weighted by molar-refractivity contribution is -0.0558. The number of halogens is 2. The van der Waals surface area contributed by atoms with E-state index in [9.17, 15) is 4.79 Å². The predicted octanol–water partition coefficient (Wildman–Crippen LogP) is 3.03. The molecule has 6 heteroatoms. The molecular formula is C11H13BrClNO2S. The van der Waals surface area contributed by atoms with E-state index < -0.39 is 0 Å². The fourth-order valence-electron chi connectivity index (χ4n) is 1.88. The number of ether oxygens (including phenoxy) is 1. The van der Waals surface area contributed by atoms with Crippen molar-refractivity contribution in [2.75, 3.05) is 18.4 Å². The first-order chi connectivity index (χ1) is 8.10. The normalized spacial score (nSPS) is 25.0. The van der Waals surface area contributed by atoms with Gasteiger partial charge in [0.1, 0.15) is 0 Å². The van der Waals surface area contributed by atoms with Gasteiger partial charge in [-0.3, -0.25) is 4.79 Å². The fraction of sp³-hybridized carbons (Fsp3) is 0.545. The molecule has 1 aromatic rings. The average molecular weight is 339 g/mol. The molecule has 0 radical (unpaired) electrons. The Morgan fingerprint density at radius 2 is 2.41 bits per heavy atom. The van der Waals surface area contributed by atoms with Crippen LogP contribution in [0.15, 0.2) is 12.1 Å². The van der Waals surface area contributed by atoms with Crippen molar-refractivity contribution in [1.29, 1.82) is 0 Å². The molecule has 1 aliphatic heterocycles. The van der Waals surface area contributed by atoms with Gasteiger partial charge in [-0.25, -0.2) is 0 Å². The third-order valence-corrected chi connectivity index (χ3v) is 4.51. The van der Waals surface area contributed by atoms with Crippen LogP contribution in [0.5, 0.6) is 0 Å². The molecule has 1 fully saturated rings. The molecular weight excluding hydrogens is 326 g/mol. The first-order valence-electron chi connectivity index (χ1n) is 5.36. The minimum atomic E-state index is 0.0444. The monoisotopic (exact) mass is 337 g/mol. The van der Waals surface area contributed by atoms with Crippen LogP contribution in [0.3, 0.4) is 0 Å². The van der Waals surface area contributed by atoms with Crippen molar-refractivity contribution >= 4 is 44.8 Å². The molecule has 0 aromatic carbocycles. The van der Waals surface area contributed by atoms with Crippen molar-refractivity contribution in [3.63, 3.8) is 0 Å². The second-order valence-electron chi connectivity index (χ2n) is 4.04. The molecule has 3 nitrogen and oxygen atoms in total. The van der Waals surface area contributed by atoms with Crippen molar-refractivity contribution in [3.8, 4) is 0 Å². The lowest BCUT2D eigenvalue weighted by Crippen LogP contribution is -2.49. The van der Waals surface area contributed by atoms with E-state index in [1.54, 1.807) is 12.1 Å². The lowest BCUT2D eigenvalue weighted by atomic mass is 10.2. The number of rotatable bonds is 2. The van der Waals surface area contributed by atoms with Gasteiger partial charge >= 0.3 is 0 Å². The van der Waals surface area contributed by atoms with E-state index in [1.807, 2.05) is 11.8 Å². The van der Waals surface area contributed by atoms with Crippen LogP contribution in [0.25, 0.3) is 0 Å². The maximum Gasteiger partial charge on any atom is 0.264 e. The molecule has 2 atom stereocenters. The topological polar surface area (TPSA) is 29.5 Å². The molecule has 0 N–H and O–H groups in total. The van der Waals surface area contributed by atoms with Gasteiger partial charge in [0.2, 0.25) is 0 Å². The van der Waals surface area contributed by atoms with Gasteiger partial charge < -0.3 is 9.64 Å². The number of carbonyl (C=O) groups excluding carboxylic acids is 1. The highest BCUT2D eigenvalue weighted by Crippen LogP contribution is 2.24. The first-order valence-corrected chi connectivity index (χ1v) is 7.67. The summed E-state index contributed by atoms with van der Waals surface area (Å²) in [6.45, 7) is 3.25. The maximum absolute atomic E-state index is 12.2. The highest BCUT2D eigenvalue weighted by atomic mass is 79.9. The van der Waals surface area contributed by atoms with Gasteiger partial charge in [-0.2, -0.15) is 0 Å². The molecule has 0 saturated carbocycles. The Balaban J connectivity index is 2.08. The standard InChI is InChI=1S/C11H13BrClNO2S/c1-7-5-14(6-8(4-12)16-7)11(15)9-2-3-10(13)17-9/h2-3,7-8H,4-6H2,1H3. The molecule has 2 heterocycles. The molecule has 0 spiro atoms. The van der Waals surface area contributed by atoms with Crippen molar-refractivity contribution in [2.45, 2.75) is 19.1 Å². The van der Waals surface area contributed by atoms with Crippen molar-refractivity contribution < 1.29 is 9.53 Å². The van der Waals surface area contributed by atoms with Gasteiger partial charge in [-0.15, -0.1) is 11.3 Å². The largest absolute Gasteiger partial charge is 0.371 e. The lowest BCUT2D eigenvalue weighted by Gasteiger charge is -2.35. The number of hydrogen-bond acceptors (Lipinski definition) is 3. The van der Waals surface area contributed by atoms with Gasteiger partial charge in [-0.05, 0) is 19.1 Å². The smallest absolute Gasteiger partial charge is 0.264 e. The molecule has 2 unspecified atom stereocenters. The highest BCUT2D eigenvalue weighted by molar-refractivity contribution is 9.09. The van der Waals surface area contributed by atoms with Gasteiger partial charge in [0.05, 0.1) is 21.4 Å². The molecule has 2 rings (SSSR count). The summed E-state index contributed by atoms with van der Waals surface area (Å²) >= 11 is 10.6. The third kappa shape index (κ3) is 3.22. The molecule has 0 aliphatic carbocycles. The number of hydrogen-bond donors (Lipinski definition) is 0. The van der Waals surface area contributed by atoms with E-state index in [0.717, 1.165) is 5.33 Å². The minimum absolute atomic E-state index is 0.0444. The third-order valence-electron chi connectivity index (χ3n) is 2.57. The average Bonchev–Trinajstić information content (AvgIpc) is 2.74. The van der Waals surface area contributed by atoms with E-state index in [4.69, 9.17) is 16.3 Å². The zero-order valence-electron chi connectivity index (χ0n) is 9.36. The number of amides is 1. The van der Waals surface area contributed by atoms with E-state index in [1.165, 1.54) is 11.3 Å². The van der Waals surface area contributed by atoms with Crippen molar-refractivity contribution in [2.24, 2.45) is 0 Å². The Morgan fingerprint density at radius 3 is 3.00 bits per heavy atom. The summed E-state index contributed by atoms with van der Waals surface area (Å²) in [6.07, 6.45) is 0.142. The van der Waals surface area contributed by atoms with Crippen LogP contribution in [-0.2, 0) is 4.74 Å². The van der Waals surface area contributed by atoms with Gasteiger partial charge in [0.15, 0.2) is 0 Å². The molecule has 94 valence electrons. The quantitative estimate of drug-likeness (QED) is 0.776. The van der Waals surface area contributed by atoms with Crippen molar-refractivity contribution in [1.82, 2.24) is 4.90 Å². The van der Waals surface area contributed by atoms with Gasteiger partial charge in [0.25, 0.3) is 5.91 Å². The second-order valence-corrected chi connectivity index (χ2v) is 6.40. The van der Waals surface area contributed by atoms with E-state index in [0.29, 0.717) is 22.3 Å². The summed E-state index contributed by atoms with van der Waals surface area (Å²) in [6, 6.07) is 3.53. The Kier molecular flexibility index (Phi) is 4.47. The Hall–Kier alpha value is -0.100.